The number of nitrogens with two attached hydrogens (primary N) is 1. The Bertz CT molecular complexity index is 1680. The van der Waals surface area contributed by atoms with Crippen LogP contribution in [0.5, 0.6) is 0 Å². The molecule has 3 aromatic carbocycles. The smallest absolute Gasteiger partial charge is 0.338 e. The van der Waals surface area contributed by atoms with Gasteiger partial charge in [-0.2, -0.15) is 5.26 Å². The van der Waals surface area contributed by atoms with E-state index in [2.05, 4.69) is 11.4 Å². The number of thioether (sulfide) groups is 1. The summed E-state index contributed by atoms with van der Waals surface area (Å²) in [4.78, 5) is 52.5. The number of nitrogens with zero attached hydrogens (tertiary/aromatic N) is 2. The quantitative estimate of drug-likeness (QED) is 0.166. The summed E-state index contributed by atoms with van der Waals surface area (Å²) in [5, 5.41) is 13.8. The molecule has 1 fully saturated rings. The van der Waals surface area contributed by atoms with Crippen LogP contribution in [0.4, 0.5) is 16.4 Å². The van der Waals surface area contributed by atoms with Gasteiger partial charge in [-0.15, -0.1) is 23.1 Å². The van der Waals surface area contributed by atoms with Crippen molar-refractivity contribution in [1.82, 2.24) is 0 Å². The first-order valence-electron chi connectivity index (χ1n) is 12.4. The number of hydrogen-bond acceptors (Lipinski definition) is 9. The highest BCUT2D eigenvalue weighted by atomic mass is 32.2. The first-order valence-corrected chi connectivity index (χ1v) is 14.1. The Balaban J connectivity index is 1.17. The van der Waals surface area contributed by atoms with Gasteiger partial charge in [-0.3, -0.25) is 14.4 Å². The van der Waals surface area contributed by atoms with Crippen LogP contribution in [0.15, 0.2) is 89.1 Å². The second-order valence-electron chi connectivity index (χ2n) is 8.95. The first-order chi connectivity index (χ1) is 19.8. The summed E-state index contributed by atoms with van der Waals surface area (Å²) in [5.41, 5.74) is 8.74. The Morgan fingerprint density at radius 2 is 1.83 bits per heavy atom. The average molecular weight is 583 g/mol. The van der Waals surface area contributed by atoms with Crippen molar-refractivity contribution in [3.8, 4) is 17.2 Å². The molecule has 1 aliphatic heterocycles. The highest BCUT2D eigenvalue weighted by Crippen LogP contribution is 2.36. The summed E-state index contributed by atoms with van der Waals surface area (Å²) < 4.78 is 5.14. The van der Waals surface area contributed by atoms with Crippen molar-refractivity contribution in [3.05, 3.63) is 95.4 Å². The molecule has 11 heteroatoms. The zero-order chi connectivity index (χ0) is 28.9. The minimum absolute atomic E-state index is 0.0435. The lowest BCUT2D eigenvalue weighted by molar-refractivity contribution is -0.121. The number of nitriles is 1. The molecule has 204 valence electrons. The van der Waals surface area contributed by atoms with E-state index < -0.39 is 23.7 Å². The van der Waals surface area contributed by atoms with Crippen molar-refractivity contribution in [1.29, 1.82) is 5.26 Å². The van der Waals surface area contributed by atoms with Gasteiger partial charge in [0.15, 0.2) is 6.61 Å². The number of carbonyl (C=O) groups excluding carboxylic acids is 4. The lowest BCUT2D eigenvalue weighted by atomic mass is 10.1. The molecule has 4 aromatic rings. The molecule has 3 N–H and O–H groups in total. The van der Waals surface area contributed by atoms with Gasteiger partial charge in [0.05, 0.1) is 22.1 Å². The molecule has 1 aromatic heterocycles. The van der Waals surface area contributed by atoms with Gasteiger partial charge in [-0.1, -0.05) is 36.4 Å². The van der Waals surface area contributed by atoms with E-state index in [1.807, 2.05) is 36.4 Å². The molecule has 0 aliphatic carbocycles. The van der Waals surface area contributed by atoms with Gasteiger partial charge in [0.25, 0.3) is 5.91 Å². The topological polar surface area (TPSA) is 143 Å². The number of anilines is 3. The number of ether oxygens (including phenoxy) is 1. The van der Waals surface area contributed by atoms with E-state index in [0.717, 1.165) is 15.4 Å². The number of nitrogen functional groups attached to an aromatic ring is 1. The number of benzene rings is 3. The SMILES string of the molecule is N#Cc1c(-c2ccccc2)csc1NC(=O)COC(=O)c1ccc(N2C(=O)CC(Sc3cccc(N)c3)C2=O)cc1. The molecule has 1 unspecified atom stereocenters. The van der Waals surface area contributed by atoms with Crippen LogP contribution in [0.1, 0.15) is 22.3 Å². The maximum Gasteiger partial charge on any atom is 0.338 e. The summed E-state index contributed by atoms with van der Waals surface area (Å²) in [6.07, 6.45) is 0.0435. The van der Waals surface area contributed by atoms with E-state index in [4.69, 9.17) is 10.5 Å². The van der Waals surface area contributed by atoms with E-state index in [-0.39, 0.29) is 23.8 Å². The van der Waals surface area contributed by atoms with Crippen molar-refractivity contribution in [3.63, 3.8) is 0 Å². The molecule has 2 heterocycles. The molecule has 1 aliphatic rings. The maximum absolute atomic E-state index is 13.0. The summed E-state index contributed by atoms with van der Waals surface area (Å²) in [7, 11) is 0. The summed E-state index contributed by atoms with van der Waals surface area (Å²) in [6.45, 7) is -0.560. The van der Waals surface area contributed by atoms with Crippen LogP contribution in [0.25, 0.3) is 11.1 Å². The number of hydrogen-bond donors (Lipinski definition) is 2. The van der Waals surface area contributed by atoms with Gasteiger partial charge in [-0.05, 0) is 48.0 Å². The molecule has 5 rings (SSSR count). The van der Waals surface area contributed by atoms with Gasteiger partial charge >= 0.3 is 5.97 Å². The highest BCUT2D eigenvalue weighted by molar-refractivity contribution is 8.00. The van der Waals surface area contributed by atoms with E-state index >= 15 is 0 Å². The normalized spacial score (nSPS) is 14.5. The number of rotatable bonds is 8. The Labute approximate surface area is 243 Å². The van der Waals surface area contributed by atoms with E-state index in [9.17, 15) is 24.4 Å². The predicted molar refractivity (Wildman–Crippen MR) is 157 cm³/mol. The van der Waals surface area contributed by atoms with Gasteiger partial charge < -0.3 is 15.8 Å². The van der Waals surface area contributed by atoms with Crippen LogP contribution >= 0.6 is 23.1 Å². The molecule has 0 radical (unpaired) electrons. The highest BCUT2D eigenvalue weighted by Gasteiger charge is 2.40. The minimum Gasteiger partial charge on any atom is -0.452 e. The van der Waals surface area contributed by atoms with Gasteiger partial charge in [0, 0.05) is 27.9 Å². The average Bonchev–Trinajstić information content (AvgIpc) is 3.51. The lowest BCUT2D eigenvalue weighted by Crippen LogP contribution is -2.31. The standard InChI is InChI=1S/C30H22N4O5S2/c31-15-23-24(18-5-2-1-3-6-18)17-40-28(23)33-26(35)16-39-30(38)19-9-11-21(12-10-19)34-27(36)14-25(29(34)37)41-22-8-4-7-20(32)13-22/h1-13,17,25H,14,16,32H2,(H,33,35). The Hall–Kier alpha value is -4.92. The van der Waals surface area contributed by atoms with E-state index in [1.165, 1.54) is 47.4 Å². The van der Waals surface area contributed by atoms with Crippen molar-refractivity contribution in [2.45, 2.75) is 16.6 Å². The van der Waals surface area contributed by atoms with Gasteiger partial charge in [0.1, 0.15) is 11.1 Å². The van der Waals surface area contributed by atoms with E-state index in [1.54, 1.807) is 23.6 Å². The van der Waals surface area contributed by atoms with Crippen molar-refractivity contribution < 1.29 is 23.9 Å². The van der Waals surface area contributed by atoms with Crippen LogP contribution in [0.3, 0.4) is 0 Å². The molecule has 1 atom stereocenters. The molecular weight excluding hydrogens is 560 g/mol. The third-order valence-corrected chi connectivity index (χ3v) is 8.25. The monoisotopic (exact) mass is 582 g/mol. The zero-order valence-corrected chi connectivity index (χ0v) is 23.0. The summed E-state index contributed by atoms with van der Waals surface area (Å²) >= 11 is 2.48. The second kappa shape index (κ2) is 12.1. The van der Waals surface area contributed by atoms with Crippen LogP contribution in [0.2, 0.25) is 0 Å². The number of carbonyl (C=O) groups is 4. The molecule has 3 amide bonds. The number of thiophene rings is 1. The number of nitrogens with one attached hydrogen (secondary N) is 1. The molecule has 9 nitrogen and oxygen atoms in total. The Kier molecular flexibility index (Phi) is 8.14. The van der Waals surface area contributed by atoms with Crippen LogP contribution in [0, 0.1) is 11.3 Å². The molecule has 0 spiro atoms. The molecular formula is C30H22N4O5S2. The third-order valence-electron chi connectivity index (χ3n) is 6.18. The Morgan fingerprint density at radius 1 is 1.07 bits per heavy atom. The minimum atomic E-state index is -0.752. The molecule has 0 bridgehead atoms. The maximum atomic E-state index is 13.0. The fourth-order valence-electron chi connectivity index (χ4n) is 4.23. The van der Waals surface area contributed by atoms with Crippen molar-refractivity contribution >= 4 is 63.2 Å². The van der Waals surface area contributed by atoms with Crippen molar-refractivity contribution in [2.75, 3.05) is 22.6 Å². The lowest BCUT2D eigenvalue weighted by Gasteiger charge is -2.15. The van der Waals surface area contributed by atoms with E-state index in [0.29, 0.717) is 27.5 Å². The summed E-state index contributed by atoms with van der Waals surface area (Å²) in [5.74, 6) is -2.04. The number of amides is 3. The second-order valence-corrected chi connectivity index (χ2v) is 11.1. The van der Waals surface area contributed by atoms with Crippen LogP contribution in [-0.4, -0.2) is 35.5 Å². The number of esters is 1. The van der Waals surface area contributed by atoms with Crippen molar-refractivity contribution in [2.24, 2.45) is 0 Å². The fraction of sp³-hybridized carbons (Fsp3) is 0.100. The molecule has 41 heavy (non-hydrogen) atoms. The molecule has 1 saturated heterocycles. The zero-order valence-electron chi connectivity index (χ0n) is 21.4. The summed E-state index contributed by atoms with van der Waals surface area (Å²) in [6, 6.07) is 24.4. The first kappa shape index (κ1) is 27.6. The number of imide groups is 1. The van der Waals surface area contributed by atoms with Gasteiger partial charge in [0.2, 0.25) is 11.8 Å². The Morgan fingerprint density at radius 3 is 2.54 bits per heavy atom. The molecule has 0 saturated carbocycles. The fourth-order valence-corrected chi connectivity index (χ4v) is 6.29. The van der Waals surface area contributed by atoms with Crippen LogP contribution in [-0.2, 0) is 19.1 Å². The largest absolute Gasteiger partial charge is 0.452 e. The third kappa shape index (κ3) is 6.14. The predicted octanol–water partition coefficient (Wildman–Crippen LogP) is 5.09. The van der Waals surface area contributed by atoms with Crippen LogP contribution < -0.4 is 16.0 Å². The van der Waals surface area contributed by atoms with Gasteiger partial charge in [-0.25, -0.2) is 9.69 Å².